The predicted octanol–water partition coefficient (Wildman–Crippen LogP) is -0.641. The largest absolute Gasteiger partial charge is 0.354 e. The third-order valence-electron chi connectivity index (χ3n) is 2.79. The molecule has 1 aromatic rings. The van der Waals surface area contributed by atoms with Crippen LogP contribution in [0.25, 0.3) is 5.57 Å². The number of fused-ring (bicyclic) bond motifs is 2. The topological polar surface area (TPSA) is 41.5 Å². The minimum Gasteiger partial charge on any atom is -0.354 e. The second-order valence-corrected chi connectivity index (χ2v) is 3.62. The number of amides is 1. The highest BCUT2D eigenvalue weighted by Crippen LogP contribution is 2.16. The summed E-state index contributed by atoms with van der Waals surface area (Å²) in [7, 11) is 0. The molecule has 70 valence electrons. The third-order valence-corrected chi connectivity index (χ3v) is 2.79. The molecular formula is C11H10N2O. The van der Waals surface area contributed by atoms with Crippen molar-refractivity contribution in [3.8, 4) is 0 Å². The van der Waals surface area contributed by atoms with Crippen molar-refractivity contribution in [2.75, 3.05) is 6.54 Å². The van der Waals surface area contributed by atoms with Crippen molar-refractivity contribution in [3.63, 3.8) is 0 Å². The molecule has 1 saturated heterocycles. The predicted molar refractivity (Wildman–Crippen MR) is 52.0 cm³/mol. The summed E-state index contributed by atoms with van der Waals surface area (Å²) in [5.41, 5.74) is 1.18. The number of rotatable bonds is 0. The van der Waals surface area contributed by atoms with Crippen molar-refractivity contribution in [2.24, 2.45) is 4.99 Å². The van der Waals surface area contributed by atoms with E-state index in [1.165, 1.54) is 5.57 Å². The standard InChI is InChI=1S/C11H10N2O/c14-11-10-8(5-6-12-11)7-3-1-2-4-9(7)13-10/h1-4,10H,5-6H2,(H,12,14)/t10-/m1/s1. The van der Waals surface area contributed by atoms with Crippen LogP contribution in [-0.4, -0.2) is 18.5 Å². The van der Waals surface area contributed by atoms with E-state index in [1.54, 1.807) is 0 Å². The van der Waals surface area contributed by atoms with Crippen molar-refractivity contribution in [2.45, 2.75) is 12.5 Å². The lowest BCUT2D eigenvalue weighted by Gasteiger charge is -2.18. The lowest BCUT2D eigenvalue weighted by atomic mass is 9.99. The van der Waals surface area contributed by atoms with Gasteiger partial charge in [-0.15, -0.1) is 0 Å². The van der Waals surface area contributed by atoms with Crippen LogP contribution in [0.2, 0.25) is 0 Å². The number of nitrogens with zero attached hydrogens (tertiary/aromatic N) is 1. The van der Waals surface area contributed by atoms with Crippen LogP contribution in [-0.2, 0) is 4.79 Å². The van der Waals surface area contributed by atoms with E-state index in [9.17, 15) is 4.79 Å². The Morgan fingerprint density at radius 3 is 3.14 bits per heavy atom. The highest BCUT2D eigenvalue weighted by atomic mass is 16.2. The van der Waals surface area contributed by atoms with Crippen LogP contribution in [0.4, 0.5) is 0 Å². The molecular weight excluding hydrogens is 176 g/mol. The van der Waals surface area contributed by atoms with E-state index in [0.29, 0.717) is 0 Å². The van der Waals surface area contributed by atoms with Gasteiger partial charge in [0.25, 0.3) is 0 Å². The van der Waals surface area contributed by atoms with Gasteiger partial charge in [-0.2, -0.15) is 0 Å². The van der Waals surface area contributed by atoms with E-state index in [4.69, 9.17) is 0 Å². The Bertz CT molecular complexity index is 518. The molecule has 0 spiro atoms. The molecule has 0 bridgehead atoms. The first kappa shape index (κ1) is 7.74. The lowest BCUT2D eigenvalue weighted by molar-refractivity contribution is -0.121. The Morgan fingerprint density at radius 1 is 1.36 bits per heavy atom. The van der Waals surface area contributed by atoms with Crippen LogP contribution in [0.1, 0.15) is 6.42 Å². The normalized spacial score (nSPS) is 23.6. The zero-order chi connectivity index (χ0) is 9.54. The molecule has 1 aromatic carbocycles. The molecule has 3 rings (SSSR count). The number of hydrogen-bond acceptors (Lipinski definition) is 2. The van der Waals surface area contributed by atoms with Crippen molar-refractivity contribution >= 4 is 11.5 Å². The highest BCUT2D eigenvalue weighted by molar-refractivity contribution is 5.94. The van der Waals surface area contributed by atoms with E-state index in [-0.39, 0.29) is 11.9 Å². The summed E-state index contributed by atoms with van der Waals surface area (Å²) < 4.78 is 0. The summed E-state index contributed by atoms with van der Waals surface area (Å²) in [4.78, 5) is 15.9. The maximum absolute atomic E-state index is 11.5. The molecule has 3 heteroatoms. The van der Waals surface area contributed by atoms with Crippen molar-refractivity contribution in [3.05, 3.63) is 34.8 Å². The van der Waals surface area contributed by atoms with Gasteiger partial charge in [-0.25, -0.2) is 0 Å². The zero-order valence-electron chi connectivity index (χ0n) is 7.66. The third kappa shape index (κ3) is 0.923. The van der Waals surface area contributed by atoms with Crippen molar-refractivity contribution in [1.29, 1.82) is 0 Å². The second kappa shape index (κ2) is 2.67. The van der Waals surface area contributed by atoms with Gasteiger partial charge in [0.2, 0.25) is 5.91 Å². The van der Waals surface area contributed by atoms with Gasteiger partial charge >= 0.3 is 0 Å². The van der Waals surface area contributed by atoms with Crippen LogP contribution in [0.5, 0.6) is 0 Å². The van der Waals surface area contributed by atoms with Gasteiger partial charge in [-0.05, 0) is 18.1 Å². The van der Waals surface area contributed by atoms with Gasteiger partial charge < -0.3 is 5.32 Å². The molecule has 0 aromatic heterocycles. The number of para-hydroxylation sites is 1. The van der Waals surface area contributed by atoms with Gasteiger partial charge in [-0.3, -0.25) is 9.79 Å². The van der Waals surface area contributed by atoms with Crippen molar-refractivity contribution in [1.82, 2.24) is 5.32 Å². The highest BCUT2D eigenvalue weighted by Gasteiger charge is 2.29. The van der Waals surface area contributed by atoms with E-state index < -0.39 is 0 Å². The molecule has 1 fully saturated rings. The Labute approximate surface area is 81.2 Å². The molecule has 0 aliphatic carbocycles. The van der Waals surface area contributed by atoms with E-state index >= 15 is 0 Å². The summed E-state index contributed by atoms with van der Waals surface area (Å²) in [5.74, 6) is 0.0439. The van der Waals surface area contributed by atoms with E-state index in [2.05, 4.69) is 10.3 Å². The molecule has 1 amide bonds. The molecule has 0 unspecified atom stereocenters. The lowest BCUT2D eigenvalue weighted by Crippen LogP contribution is -2.40. The van der Waals surface area contributed by atoms with Gasteiger partial charge in [0, 0.05) is 11.8 Å². The molecule has 2 aliphatic heterocycles. The van der Waals surface area contributed by atoms with Crippen LogP contribution in [0.3, 0.4) is 0 Å². The molecule has 0 saturated carbocycles. The minimum atomic E-state index is -0.249. The van der Waals surface area contributed by atoms with Crippen LogP contribution < -0.4 is 15.9 Å². The fourth-order valence-corrected chi connectivity index (χ4v) is 2.13. The quantitative estimate of drug-likeness (QED) is 0.575. The Kier molecular flexibility index (Phi) is 1.48. The Hall–Kier alpha value is -1.64. The first-order valence-corrected chi connectivity index (χ1v) is 4.80. The average Bonchev–Trinajstić information content (AvgIpc) is 2.59. The fraction of sp³-hybridized carbons (Fsp3) is 0.273. The minimum absolute atomic E-state index is 0.0439. The van der Waals surface area contributed by atoms with Crippen LogP contribution in [0, 0.1) is 0 Å². The molecule has 3 nitrogen and oxygen atoms in total. The average molecular weight is 186 g/mol. The maximum Gasteiger partial charge on any atom is 0.249 e. The van der Waals surface area contributed by atoms with Crippen molar-refractivity contribution < 1.29 is 4.79 Å². The molecule has 1 N–H and O–H groups in total. The Balaban J connectivity index is 2.31. The zero-order valence-corrected chi connectivity index (χ0v) is 7.66. The molecule has 14 heavy (non-hydrogen) atoms. The summed E-state index contributed by atoms with van der Waals surface area (Å²) in [5, 5.41) is 4.96. The summed E-state index contributed by atoms with van der Waals surface area (Å²) in [6.45, 7) is 0.745. The number of hydrogen-bond donors (Lipinski definition) is 1. The summed E-state index contributed by atoms with van der Waals surface area (Å²) in [6.07, 6.45) is 0.927. The SMILES string of the molecule is O=C1NCCC2=c3ccccc3=N[C@@H]12. The molecule has 1 atom stereocenters. The van der Waals surface area contributed by atoms with E-state index in [1.807, 2.05) is 24.3 Å². The van der Waals surface area contributed by atoms with Gasteiger partial charge in [0.15, 0.2) is 6.04 Å². The van der Waals surface area contributed by atoms with Gasteiger partial charge in [0.1, 0.15) is 0 Å². The summed E-state index contributed by atoms with van der Waals surface area (Å²) in [6, 6.07) is 7.72. The maximum atomic E-state index is 11.5. The number of carbonyl (C=O) groups is 1. The van der Waals surface area contributed by atoms with Crippen LogP contribution >= 0.6 is 0 Å². The van der Waals surface area contributed by atoms with E-state index in [0.717, 1.165) is 23.5 Å². The smallest absolute Gasteiger partial charge is 0.249 e. The first-order chi connectivity index (χ1) is 6.86. The number of carbonyl (C=O) groups excluding carboxylic acids is 1. The molecule has 2 aliphatic rings. The first-order valence-electron chi connectivity index (χ1n) is 4.80. The fourth-order valence-electron chi connectivity index (χ4n) is 2.13. The molecule has 2 heterocycles. The monoisotopic (exact) mass is 186 g/mol. The van der Waals surface area contributed by atoms with Gasteiger partial charge in [-0.1, -0.05) is 18.2 Å². The second-order valence-electron chi connectivity index (χ2n) is 3.62. The number of piperidine rings is 1. The molecule has 0 radical (unpaired) electrons. The number of benzene rings is 1. The van der Waals surface area contributed by atoms with Gasteiger partial charge in [0.05, 0.1) is 5.36 Å². The number of nitrogens with one attached hydrogen (secondary N) is 1. The summed E-state index contributed by atoms with van der Waals surface area (Å²) >= 11 is 0. The Morgan fingerprint density at radius 2 is 2.21 bits per heavy atom. The van der Waals surface area contributed by atoms with Crippen LogP contribution in [0.15, 0.2) is 29.3 Å².